The fraction of sp³-hybridized carbons (Fsp3) is 0.632. The van der Waals surface area contributed by atoms with Crippen molar-refractivity contribution >= 4 is 11.7 Å². The van der Waals surface area contributed by atoms with Crippen molar-refractivity contribution in [2.45, 2.75) is 30.7 Å². The number of alkyl halides is 3. The summed E-state index contributed by atoms with van der Waals surface area (Å²) in [6, 6.07) is 3.69. The normalized spacial score (nSPS) is 23.9. The molecular weight excluding hydrogens is 421 g/mol. The van der Waals surface area contributed by atoms with E-state index in [4.69, 9.17) is 4.74 Å². The largest absolute Gasteiger partial charge is 0.573 e. The molecule has 0 aliphatic carbocycles. The number of likely N-dealkylation sites (N-methyl/N-ethyl adjacent to an activating group) is 2. The predicted molar refractivity (Wildman–Crippen MR) is 107 cm³/mol. The van der Waals surface area contributed by atoms with E-state index in [-0.39, 0.29) is 18.8 Å². The molecule has 9 nitrogen and oxygen atoms in total. The maximum absolute atomic E-state index is 12.2. The number of ether oxygens (including phenoxy) is 2. The van der Waals surface area contributed by atoms with Gasteiger partial charge in [-0.1, -0.05) is 0 Å². The van der Waals surface area contributed by atoms with Crippen molar-refractivity contribution in [3.05, 3.63) is 24.3 Å². The smallest absolute Gasteiger partial charge is 0.406 e. The Balaban J connectivity index is 1.91. The molecule has 1 fully saturated rings. The lowest BCUT2D eigenvalue weighted by Gasteiger charge is -2.31. The lowest BCUT2D eigenvalue weighted by atomic mass is 10.0. The Bertz CT molecular complexity index is 705. The highest BCUT2D eigenvalue weighted by molar-refractivity contribution is 5.89. The number of urea groups is 1. The number of hydrogen-bond donors (Lipinski definition) is 4. The van der Waals surface area contributed by atoms with E-state index in [1.807, 2.05) is 30.9 Å². The number of carbonyl (C=O) groups is 1. The Kier molecular flexibility index (Phi) is 8.89. The monoisotopic (exact) mass is 450 g/mol. The van der Waals surface area contributed by atoms with Gasteiger partial charge in [0.05, 0.1) is 18.8 Å². The molecule has 1 aliphatic rings. The van der Waals surface area contributed by atoms with Gasteiger partial charge in [0.25, 0.3) is 0 Å². The molecular formula is C19H29F3N4O5. The molecule has 1 aliphatic heterocycles. The van der Waals surface area contributed by atoms with Crippen LogP contribution in [0.4, 0.5) is 23.7 Å². The molecule has 0 spiro atoms. The van der Waals surface area contributed by atoms with E-state index in [0.717, 1.165) is 18.7 Å². The first-order valence-electron chi connectivity index (χ1n) is 9.70. The van der Waals surface area contributed by atoms with E-state index in [1.165, 1.54) is 12.1 Å². The van der Waals surface area contributed by atoms with Crippen LogP contribution in [0, 0.1) is 0 Å². The van der Waals surface area contributed by atoms with Crippen molar-refractivity contribution in [2.75, 3.05) is 52.7 Å². The summed E-state index contributed by atoms with van der Waals surface area (Å²) in [6.07, 6.45) is -7.04. The molecule has 2 amide bonds. The number of hydrogen-bond acceptors (Lipinski definition) is 7. The van der Waals surface area contributed by atoms with Crippen molar-refractivity contribution < 1.29 is 37.7 Å². The van der Waals surface area contributed by atoms with Crippen LogP contribution in [0.25, 0.3) is 0 Å². The van der Waals surface area contributed by atoms with Gasteiger partial charge in [-0.25, -0.2) is 4.79 Å². The maximum atomic E-state index is 12.2. The van der Waals surface area contributed by atoms with Gasteiger partial charge in [0.1, 0.15) is 18.0 Å². The molecule has 0 saturated carbocycles. The van der Waals surface area contributed by atoms with Gasteiger partial charge >= 0.3 is 12.4 Å². The average Bonchev–Trinajstić information content (AvgIpc) is 3.00. The molecule has 12 heteroatoms. The zero-order chi connectivity index (χ0) is 23.2. The third-order valence-corrected chi connectivity index (χ3v) is 4.86. The van der Waals surface area contributed by atoms with E-state index in [1.54, 1.807) is 0 Å². The maximum Gasteiger partial charge on any atom is 0.573 e. The molecule has 1 heterocycles. The van der Waals surface area contributed by atoms with Gasteiger partial charge < -0.3 is 35.2 Å². The van der Waals surface area contributed by atoms with Gasteiger partial charge in [-0.2, -0.15) is 0 Å². The second-order valence-corrected chi connectivity index (χ2v) is 7.57. The number of nitrogens with zero attached hydrogens (tertiary/aromatic N) is 2. The predicted octanol–water partition coefficient (Wildman–Crippen LogP) is 0.689. The zero-order valence-corrected chi connectivity index (χ0v) is 17.6. The van der Waals surface area contributed by atoms with Crippen molar-refractivity contribution in [2.24, 2.45) is 0 Å². The number of aliphatic hydroxyl groups excluding tert-OH is 2. The van der Waals surface area contributed by atoms with E-state index >= 15 is 0 Å². The molecule has 2 rings (SSSR count). The fourth-order valence-electron chi connectivity index (χ4n) is 3.31. The van der Waals surface area contributed by atoms with Crippen molar-refractivity contribution in [3.8, 4) is 5.75 Å². The first kappa shape index (κ1) is 25.1. The number of halogens is 3. The first-order valence-corrected chi connectivity index (χ1v) is 9.70. The molecule has 1 aromatic rings. The molecule has 0 bridgehead atoms. The summed E-state index contributed by atoms with van der Waals surface area (Å²) in [6.45, 7) is 1.10. The molecule has 0 radical (unpaired) electrons. The number of rotatable bonds is 9. The Morgan fingerprint density at radius 1 is 1.16 bits per heavy atom. The topological polar surface area (TPSA) is 107 Å². The molecule has 4 N–H and O–H groups in total. The number of amides is 2. The summed E-state index contributed by atoms with van der Waals surface area (Å²) in [5, 5.41) is 25.1. The molecule has 0 aromatic heterocycles. The van der Waals surface area contributed by atoms with E-state index in [0.29, 0.717) is 6.54 Å². The summed E-state index contributed by atoms with van der Waals surface area (Å²) < 4.78 is 46.1. The van der Waals surface area contributed by atoms with Crippen LogP contribution in [0.5, 0.6) is 5.75 Å². The Hall–Kier alpha value is -2.12. The lowest BCUT2D eigenvalue weighted by Crippen LogP contribution is -2.51. The van der Waals surface area contributed by atoms with Gasteiger partial charge in [-0.15, -0.1) is 13.2 Å². The van der Waals surface area contributed by atoms with E-state index in [9.17, 15) is 28.2 Å². The van der Waals surface area contributed by atoms with Gasteiger partial charge in [-0.3, -0.25) is 4.90 Å². The highest BCUT2D eigenvalue weighted by Gasteiger charge is 2.45. The molecule has 1 saturated heterocycles. The van der Waals surface area contributed by atoms with Crippen LogP contribution in [-0.2, 0) is 4.74 Å². The molecule has 31 heavy (non-hydrogen) atoms. The van der Waals surface area contributed by atoms with Gasteiger partial charge in [0.15, 0.2) is 0 Å². The zero-order valence-electron chi connectivity index (χ0n) is 17.6. The van der Waals surface area contributed by atoms with Crippen LogP contribution in [-0.4, -0.2) is 104 Å². The summed E-state index contributed by atoms with van der Waals surface area (Å²) in [7, 11) is 5.69. The minimum atomic E-state index is -4.79. The van der Waals surface area contributed by atoms with Gasteiger partial charge in [0, 0.05) is 25.3 Å². The van der Waals surface area contributed by atoms with Crippen LogP contribution in [0.2, 0.25) is 0 Å². The number of anilines is 1. The highest BCUT2D eigenvalue weighted by atomic mass is 19.4. The van der Waals surface area contributed by atoms with Crippen LogP contribution >= 0.6 is 0 Å². The van der Waals surface area contributed by atoms with Gasteiger partial charge in [0.2, 0.25) is 0 Å². The van der Waals surface area contributed by atoms with Crippen LogP contribution in [0.15, 0.2) is 24.3 Å². The summed E-state index contributed by atoms with van der Waals surface area (Å²) in [5.41, 5.74) is 0.271. The van der Waals surface area contributed by atoms with Crippen LogP contribution in [0.3, 0.4) is 0 Å². The minimum absolute atomic E-state index is 0.0611. The Morgan fingerprint density at radius 3 is 2.35 bits per heavy atom. The minimum Gasteiger partial charge on any atom is -0.406 e. The highest BCUT2D eigenvalue weighted by Crippen LogP contribution is 2.25. The standard InChI is InChI=1S/C19H29F3N4O5/c1-25(2)8-9-26(3)16-14(30-15(11-27)17(16)28)10-23-18(29)24-12-4-6-13(7-5-12)31-19(20,21)22/h4-7,14-17,27-28H,8-11H2,1-3H3,(H2,23,24,29). The van der Waals surface area contributed by atoms with E-state index < -0.39 is 42.5 Å². The molecule has 4 unspecified atom stereocenters. The first-order chi connectivity index (χ1) is 14.5. The number of aliphatic hydroxyl groups is 2. The quantitative estimate of drug-likeness (QED) is 0.439. The second-order valence-electron chi connectivity index (χ2n) is 7.57. The van der Waals surface area contributed by atoms with Crippen LogP contribution in [0.1, 0.15) is 0 Å². The van der Waals surface area contributed by atoms with Crippen molar-refractivity contribution in [1.29, 1.82) is 0 Å². The molecule has 4 atom stereocenters. The molecule has 1 aromatic carbocycles. The number of nitrogens with one attached hydrogen (secondary N) is 2. The third-order valence-electron chi connectivity index (χ3n) is 4.86. The molecule has 176 valence electrons. The van der Waals surface area contributed by atoms with Crippen molar-refractivity contribution in [3.63, 3.8) is 0 Å². The summed E-state index contributed by atoms with van der Waals surface area (Å²) >= 11 is 0. The lowest BCUT2D eigenvalue weighted by molar-refractivity contribution is -0.274. The number of benzene rings is 1. The van der Waals surface area contributed by atoms with Crippen LogP contribution < -0.4 is 15.4 Å². The second kappa shape index (κ2) is 11.0. The van der Waals surface area contributed by atoms with E-state index in [2.05, 4.69) is 15.4 Å². The number of carbonyl (C=O) groups excluding carboxylic acids is 1. The average molecular weight is 450 g/mol. The van der Waals surface area contributed by atoms with Crippen molar-refractivity contribution in [1.82, 2.24) is 15.1 Å². The summed E-state index contributed by atoms with van der Waals surface area (Å²) in [4.78, 5) is 16.1. The SMILES string of the molecule is CN(C)CCN(C)C1C(CNC(=O)Nc2ccc(OC(F)(F)F)cc2)OC(CO)C1O. The third kappa shape index (κ3) is 7.82. The van der Waals surface area contributed by atoms with Gasteiger partial charge in [-0.05, 0) is 45.4 Å². The fourth-order valence-corrected chi connectivity index (χ4v) is 3.31. The summed E-state index contributed by atoms with van der Waals surface area (Å²) in [5.74, 6) is -0.398. The Labute approximate surface area is 178 Å². The Morgan fingerprint density at radius 2 is 1.81 bits per heavy atom.